The summed E-state index contributed by atoms with van der Waals surface area (Å²) in [5, 5.41) is 10.3. The monoisotopic (exact) mass is 289 g/mol. The molecule has 1 saturated heterocycles. The number of rotatable bonds is 3. The number of carboxylic acid groups (broad SMARTS) is 1. The van der Waals surface area contributed by atoms with Crippen molar-refractivity contribution in [2.24, 2.45) is 5.92 Å². The van der Waals surface area contributed by atoms with Crippen molar-refractivity contribution in [3.8, 4) is 0 Å². The summed E-state index contributed by atoms with van der Waals surface area (Å²) in [5.41, 5.74) is 0.764. The molecule has 2 aromatic rings. The number of amides is 1. The van der Waals surface area contributed by atoms with E-state index >= 15 is 0 Å². The Morgan fingerprint density at radius 2 is 2.20 bits per heavy atom. The molecule has 20 heavy (non-hydrogen) atoms. The SMILES string of the molecule is CC1CC(=O)N(Cc2c(C(=O)O)sc3ccccc23)C1. The van der Waals surface area contributed by atoms with E-state index in [-0.39, 0.29) is 5.91 Å². The van der Waals surface area contributed by atoms with Crippen molar-refractivity contribution in [1.29, 1.82) is 0 Å². The smallest absolute Gasteiger partial charge is 0.346 e. The first kappa shape index (κ1) is 13.1. The maximum atomic E-state index is 11.9. The van der Waals surface area contributed by atoms with Crippen molar-refractivity contribution in [3.05, 3.63) is 34.7 Å². The summed E-state index contributed by atoms with van der Waals surface area (Å²) >= 11 is 1.28. The van der Waals surface area contributed by atoms with Gasteiger partial charge in [-0.3, -0.25) is 4.79 Å². The summed E-state index contributed by atoms with van der Waals surface area (Å²) in [5.74, 6) is -0.453. The van der Waals surface area contributed by atoms with Crippen molar-refractivity contribution < 1.29 is 14.7 Å². The average molecular weight is 289 g/mol. The maximum absolute atomic E-state index is 11.9. The first-order valence-corrected chi connectivity index (χ1v) is 7.39. The zero-order valence-electron chi connectivity index (χ0n) is 11.1. The lowest BCUT2D eigenvalue weighted by atomic mass is 10.1. The molecule has 5 heteroatoms. The van der Waals surface area contributed by atoms with Gasteiger partial charge in [-0.05, 0) is 17.4 Å². The van der Waals surface area contributed by atoms with Gasteiger partial charge in [0.05, 0.1) is 0 Å². The fourth-order valence-electron chi connectivity index (χ4n) is 2.74. The van der Waals surface area contributed by atoms with Gasteiger partial charge in [0, 0.05) is 29.8 Å². The predicted octanol–water partition coefficient (Wildman–Crippen LogP) is 2.97. The lowest BCUT2D eigenvalue weighted by molar-refractivity contribution is -0.128. The summed E-state index contributed by atoms with van der Waals surface area (Å²) in [6.45, 7) is 3.15. The molecule has 0 radical (unpaired) electrons. The largest absolute Gasteiger partial charge is 0.477 e. The van der Waals surface area contributed by atoms with Crippen molar-refractivity contribution in [3.63, 3.8) is 0 Å². The van der Waals surface area contributed by atoms with Crippen molar-refractivity contribution >= 4 is 33.3 Å². The van der Waals surface area contributed by atoms with Crippen LogP contribution in [0.5, 0.6) is 0 Å². The molecule has 1 aliphatic rings. The number of hydrogen-bond acceptors (Lipinski definition) is 3. The Morgan fingerprint density at radius 1 is 1.45 bits per heavy atom. The molecule has 1 aromatic carbocycles. The summed E-state index contributed by atoms with van der Waals surface area (Å²) in [6.07, 6.45) is 0.560. The van der Waals surface area contributed by atoms with E-state index in [9.17, 15) is 14.7 Å². The third-order valence-corrected chi connectivity index (χ3v) is 4.85. The number of nitrogens with zero attached hydrogens (tertiary/aromatic N) is 1. The Morgan fingerprint density at radius 3 is 2.85 bits per heavy atom. The summed E-state index contributed by atoms with van der Waals surface area (Å²) in [7, 11) is 0. The molecular formula is C15H15NO3S. The molecule has 0 saturated carbocycles. The number of fused-ring (bicyclic) bond motifs is 1. The minimum atomic E-state index is -0.916. The van der Waals surface area contributed by atoms with Crippen LogP contribution in [-0.4, -0.2) is 28.4 Å². The van der Waals surface area contributed by atoms with Crippen LogP contribution < -0.4 is 0 Å². The van der Waals surface area contributed by atoms with Crippen LogP contribution in [0.3, 0.4) is 0 Å². The van der Waals surface area contributed by atoms with Gasteiger partial charge in [0.15, 0.2) is 0 Å². The zero-order valence-corrected chi connectivity index (χ0v) is 11.9. The lowest BCUT2D eigenvalue weighted by Gasteiger charge is -2.16. The molecule has 2 heterocycles. The second-order valence-electron chi connectivity index (χ2n) is 5.29. The van der Waals surface area contributed by atoms with Crippen LogP contribution >= 0.6 is 11.3 Å². The summed E-state index contributed by atoms with van der Waals surface area (Å²) in [4.78, 5) is 25.4. The number of likely N-dealkylation sites (tertiary alicyclic amines) is 1. The molecule has 1 fully saturated rings. The first-order valence-electron chi connectivity index (χ1n) is 6.57. The Bertz CT molecular complexity index is 691. The predicted molar refractivity (Wildman–Crippen MR) is 78.0 cm³/mol. The number of aromatic carboxylic acids is 1. The molecule has 3 rings (SSSR count). The van der Waals surface area contributed by atoms with Gasteiger partial charge in [-0.1, -0.05) is 25.1 Å². The molecule has 0 bridgehead atoms. The molecular weight excluding hydrogens is 274 g/mol. The Labute approximate surface area is 120 Å². The normalized spacial score (nSPS) is 18.9. The van der Waals surface area contributed by atoms with Gasteiger partial charge < -0.3 is 10.0 Å². The second kappa shape index (κ2) is 4.90. The second-order valence-corrected chi connectivity index (χ2v) is 6.35. The van der Waals surface area contributed by atoms with E-state index < -0.39 is 5.97 Å². The van der Waals surface area contributed by atoms with Gasteiger partial charge in [0.2, 0.25) is 5.91 Å². The number of carbonyl (C=O) groups excluding carboxylic acids is 1. The molecule has 104 valence electrons. The topological polar surface area (TPSA) is 57.6 Å². The van der Waals surface area contributed by atoms with E-state index in [0.29, 0.717) is 30.3 Å². The van der Waals surface area contributed by atoms with E-state index in [1.807, 2.05) is 31.2 Å². The molecule has 1 unspecified atom stereocenters. The number of carbonyl (C=O) groups is 2. The van der Waals surface area contributed by atoms with Gasteiger partial charge in [-0.25, -0.2) is 4.79 Å². The minimum absolute atomic E-state index is 0.115. The van der Waals surface area contributed by atoms with E-state index in [4.69, 9.17) is 0 Å². The van der Waals surface area contributed by atoms with Crippen LogP contribution in [0.25, 0.3) is 10.1 Å². The average Bonchev–Trinajstić information content (AvgIpc) is 2.91. The first-order chi connectivity index (χ1) is 9.56. The van der Waals surface area contributed by atoms with Gasteiger partial charge in [-0.15, -0.1) is 11.3 Å². The zero-order chi connectivity index (χ0) is 14.3. The molecule has 1 aliphatic heterocycles. The highest BCUT2D eigenvalue weighted by molar-refractivity contribution is 7.21. The van der Waals surface area contributed by atoms with Crippen LogP contribution in [0.2, 0.25) is 0 Å². The highest BCUT2D eigenvalue weighted by atomic mass is 32.1. The lowest BCUT2D eigenvalue weighted by Crippen LogP contribution is -2.25. The van der Waals surface area contributed by atoms with E-state index in [0.717, 1.165) is 15.6 Å². The Hall–Kier alpha value is -1.88. The highest BCUT2D eigenvalue weighted by Crippen LogP contribution is 2.33. The maximum Gasteiger partial charge on any atom is 0.346 e. The van der Waals surface area contributed by atoms with Gasteiger partial charge in [-0.2, -0.15) is 0 Å². The van der Waals surface area contributed by atoms with Gasteiger partial charge in [0.25, 0.3) is 0 Å². The molecule has 1 atom stereocenters. The standard InChI is InChI=1S/C15H15NO3S/c1-9-6-13(17)16(7-9)8-11-10-4-2-3-5-12(10)20-14(11)15(18)19/h2-5,9H,6-8H2,1H3,(H,18,19). The fourth-order valence-corrected chi connectivity index (χ4v) is 3.79. The van der Waals surface area contributed by atoms with Crippen LogP contribution in [0, 0.1) is 5.92 Å². The third-order valence-electron chi connectivity index (χ3n) is 3.65. The van der Waals surface area contributed by atoms with Crippen molar-refractivity contribution in [2.45, 2.75) is 19.9 Å². The molecule has 0 spiro atoms. The Balaban J connectivity index is 2.03. The van der Waals surface area contributed by atoms with Crippen LogP contribution in [0.1, 0.15) is 28.6 Å². The molecule has 1 amide bonds. The quantitative estimate of drug-likeness (QED) is 0.945. The van der Waals surface area contributed by atoms with Gasteiger partial charge in [0.1, 0.15) is 4.88 Å². The molecule has 1 N–H and O–H groups in total. The van der Waals surface area contributed by atoms with Crippen LogP contribution in [0.4, 0.5) is 0 Å². The number of carboxylic acids is 1. The van der Waals surface area contributed by atoms with Crippen molar-refractivity contribution in [1.82, 2.24) is 4.90 Å². The molecule has 0 aliphatic carbocycles. The molecule has 1 aromatic heterocycles. The van der Waals surface area contributed by atoms with Gasteiger partial charge >= 0.3 is 5.97 Å². The highest BCUT2D eigenvalue weighted by Gasteiger charge is 2.28. The van der Waals surface area contributed by atoms with E-state index in [2.05, 4.69) is 0 Å². The van der Waals surface area contributed by atoms with Crippen LogP contribution in [-0.2, 0) is 11.3 Å². The van der Waals surface area contributed by atoms with E-state index in [1.165, 1.54) is 11.3 Å². The van der Waals surface area contributed by atoms with E-state index in [1.54, 1.807) is 4.90 Å². The third kappa shape index (κ3) is 2.18. The summed E-state index contributed by atoms with van der Waals surface area (Å²) in [6, 6.07) is 7.65. The minimum Gasteiger partial charge on any atom is -0.477 e. The Kier molecular flexibility index (Phi) is 3.22. The number of thiophene rings is 1. The molecule has 4 nitrogen and oxygen atoms in total. The summed E-state index contributed by atoms with van der Waals surface area (Å²) < 4.78 is 0.958. The number of benzene rings is 1. The van der Waals surface area contributed by atoms with Crippen molar-refractivity contribution in [2.75, 3.05) is 6.54 Å². The fraction of sp³-hybridized carbons (Fsp3) is 0.333. The number of hydrogen-bond donors (Lipinski definition) is 1. The van der Waals surface area contributed by atoms with Crippen LogP contribution in [0.15, 0.2) is 24.3 Å².